The molecule has 0 atom stereocenters. The maximum Gasteiger partial charge on any atom is 0.121 e. The quantitative estimate of drug-likeness (QED) is 0.849. The van der Waals surface area contributed by atoms with Crippen molar-refractivity contribution in [3.8, 4) is 0 Å². The summed E-state index contributed by atoms with van der Waals surface area (Å²) in [4.78, 5) is 4.41. The molecule has 96 valence electrons. The molecule has 1 saturated carbocycles. The van der Waals surface area contributed by atoms with E-state index in [4.69, 9.17) is 4.42 Å². The Kier molecular flexibility index (Phi) is 3.19. The topological polar surface area (TPSA) is 43.0 Å². The molecule has 4 nitrogen and oxygen atoms in total. The zero-order chi connectivity index (χ0) is 12.4. The number of nitrogens with zero attached hydrogens (tertiary/aromatic N) is 2. The van der Waals surface area contributed by atoms with E-state index in [9.17, 15) is 0 Å². The smallest absolute Gasteiger partial charge is 0.121 e. The third kappa shape index (κ3) is 2.48. The highest BCUT2D eigenvalue weighted by Gasteiger charge is 2.21. The first-order chi connectivity index (χ1) is 8.86. The molecule has 0 spiro atoms. The summed E-state index contributed by atoms with van der Waals surface area (Å²) in [6, 6.07) is 2.76. The Morgan fingerprint density at radius 1 is 1.50 bits per heavy atom. The summed E-state index contributed by atoms with van der Waals surface area (Å²) in [6.45, 7) is 3.93. The average Bonchev–Trinajstić information content (AvgIpc) is 2.94. The first-order valence-corrected chi connectivity index (χ1v) is 6.65. The Hall–Kier alpha value is -1.55. The maximum atomic E-state index is 5.57. The van der Waals surface area contributed by atoms with E-state index >= 15 is 0 Å². The minimum atomic E-state index is 0.709. The van der Waals surface area contributed by atoms with Crippen molar-refractivity contribution in [2.75, 3.05) is 0 Å². The van der Waals surface area contributed by atoms with Gasteiger partial charge in [-0.05, 0) is 25.8 Å². The first-order valence-electron chi connectivity index (χ1n) is 6.65. The second-order valence-corrected chi connectivity index (χ2v) is 4.83. The lowest BCUT2D eigenvalue weighted by atomic mass is 10.1. The van der Waals surface area contributed by atoms with Crippen LogP contribution in [0.2, 0.25) is 0 Å². The molecule has 1 aliphatic rings. The van der Waals surface area contributed by atoms with E-state index < -0.39 is 0 Å². The standard InChI is InChI=1S/C14H19N3O/c1-2-17-7-6-15-14(17)9-11-5-8-18-13(11)10-16-12-3-4-12/h5-8,12,16H,2-4,9-10H2,1H3. The number of nitrogens with one attached hydrogen (secondary N) is 1. The average molecular weight is 245 g/mol. The van der Waals surface area contributed by atoms with Crippen LogP contribution in [0, 0.1) is 0 Å². The summed E-state index contributed by atoms with van der Waals surface area (Å²) in [5, 5.41) is 3.49. The van der Waals surface area contributed by atoms with E-state index in [1.165, 1.54) is 18.4 Å². The van der Waals surface area contributed by atoms with E-state index in [-0.39, 0.29) is 0 Å². The highest BCUT2D eigenvalue weighted by Crippen LogP contribution is 2.21. The highest BCUT2D eigenvalue weighted by atomic mass is 16.3. The van der Waals surface area contributed by atoms with Crippen LogP contribution in [0.4, 0.5) is 0 Å². The minimum Gasteiger partial charge on any atom is -0.468 e. The molecule has 3 rings (SSSR count). The van der Waals surface area contributed by atoms with Crippen molar-refractivity contribution in [3.63, 3.8) is 0 Å². The molecule has 4 heteroatoms. The number of hydrogen-bond donors (Lipinski definition) is 1. The summed E-state index contributed by atoms with van der Waals surface area (Å²) in [5.74, 6) is 2.15. The van der Waals surface area contributed by atoms with Crippen LogP contribution in [-0.4, -0.2) is 15.6 Å². The van der Waals surface area contributed by atoms with E-state index in [1.807, 2.05) is 12.4 Å². The van der Waals surface area contributed by atoms with Crippen LogP contribution in [0.15, 0.2) is 29.1 Å². The molecule has 1 N–H and O–H groups in total. The third-order valence-corrected chi connectivity index (χ3v) is 3.46. The lowest BCUT2D eigenvalue weighted by Gasteiger charge is -2.06. The van der Waals surface area contributed by atoms with Gasteiger partial charge in [0, 0.05) is 37.0 Å². The monoisotopic (exact) mass is 245 g/mol. The summed E-state index contributed by atoms with van der Waals surface area (Å²) in [6.07, 6.45) is 9.11. The van der Waals surface area contributed by atoms with Gasteiger partial charge in [0.1, 0.15) is 11.6 Å². The molecule has 0 aromatic carbocycles. The molecular formula is C14H19N3O. The van der Waals surface area contributed by atoms with Crippen LogP contribution in [0.5, 0.6) is 0 Å². The summed E-state index contributed by atoms with van der Waals surface area (Å²) in [5.41, 5.74) is 1.24. The van der Waals surface area contributed by atoms with Crippen molar-refractivity contribution >= 4 is 0 Å². The van der Waals surface area contributed by atoms with Gasteiger partial charge in [-0.2, -0.15) is 0 Å². The van der Waals surface area contributed by atoms with E-state index in [0.29, 0.717) is 6.04 Å². The van der Waals surface area contributed by atoms with Crippen molar-refractivity contribution in [1.29, 1.82) is 0 Å². The van der Waals surface area contributed by atoms with Crippen molar-refractivity contribution in [2.24, 2.45) is 0 Å². The number of aryl methyl sites for hydroxylation is 1. The second-order valence-electron chi connectivity index (χ2n) is 4.83. The van der Waals surface area contributed by atoms with Crippen molar-refractivity contribution in [3.05, 3.63) is 41.9 Å². The largest absolute Gasteiger partial charge is 0.468 e. The van der Waals surface area contributed by atoms with Crippen LogP contribution < -0.4 is 5.32 Å². The van der Waals surface area contributed by atoms with Gasteiger partial charge in [-0.3, -0.25) is 0 Å². The van der Waals surface area contributed by atoms with Crippen molar-refractivity contribution < 1.29 is 4.42 Å². The van der Waals surface area contributed by atoms with E-state index in [2.05, 4.69) is 27.9 Å². The molecule has 2 aromatic heterocycles. The van der Waals surface area contributed by atoms with Gasteiger partial charge in [0.15, 0.2) is 0 Å². The molecule has 0 unspecified atom stereocenters. The Bertz CT molecular complexity index is 511. The number of furan rings is 1. The van der Waals surface area contributed by atoms with Gasteiger partial charge < -0.3 is 14.3 Å². The highest BCUT2D eigenvalue weighted by molar-refractivity contribution is 5.22. The predicted octanol–water partition coefficient (Wildman–Crippen LogP) is 2.34. The molecule has 1 aliphatic carbocycles. The van der Waals surface area contributed by atoms with Crippen molar-refractivity contribution in [1.82, 2.24) is 14.9 Å². The Morgan fingerprint density at radius 3 is 3.17 bits per heavy atom. The Morgan fingerprint density at radius 2 is 2.39 bits per heavy atom. The summed E-state index contributed by atoms with van der Waals surface area (Å²) in [7, 11) is 0. The molecule has 0 saturated heterocycles. The van der Waals surface area contributed by atoms with Crippen LogP contribution in [0.1, 0.15) is 36.9 Å². The molecule has 2 heterocycles. The van der Waals surface area contributed by atoms with Gasteiger partial charge in [0.2, 0.25) is 0 Å². The molecule has 1 fully saturated rings. The number of hydrogen-bond acceptors (Lipinski definition) is 3. The summed E-state index contributed by atoms with van der Waals surface area (Å²) < 4.78 is 7.74. The van der Waals surface area contributed by atoms with Crippen LogP contribution in [0.3, 0.4) is 0 Å². The number of aromatic nitrogens is 2. The third-order valence-electron chi connectivity index (χ3n) is 3.46. The molecule has 0 radical (unpaired) electrons. The zero-order valence-corrected chi connectivity index (χ0v) is 10.7. The molecule has 0 amide bonds. The second kappa shape index (κ2) is 4.98. The lowest BCUT2D eigenvalue weighted by Crippen LogP contribution is -2.16. The van der Waals surface area contributed by atoms with Gasteiger partial charge in [0.05, 0.1) is 12.8 Å². The van der Waals surface area contributed by atoms with Gasteiger partial charge in [-0.15, -0.1) is 0 Å². The van der Waals surface area contributed by atoms with Gasteiger partial charge >= 0.3 is 0 Å². The Balaban J connectivity index is 1.69. The SMILES string of the molecule is CCn1ccnc1Cc1ccoc1CNC1CC1. The first kappa shape index (κ1) is 11.5. The van der Waals surface area contributed by atoms with Gasteiger partial charge in [0.25, 0.3) is 0 Å². The molecule has 0 aliphatic heterocycles. The fraction of sp³-hybridized carbons (Fsp3) is 0.500. The van der Waals surface area contributed by atoms with Gasteiger partial charge in [-0.1, -0.05) is 0 Å². The fourth-order valence-corrected chi connectivity index (χ4v) is 2.17. The minimum absolute atomic E-state index is 0.709. The normalized spacial score (nSPS) is 15.2. The maximum absolute atomic E-state index is 5.57. The molecular weight excluding hydrogens is 226 g/mol. The van der Waals surface area contributed by atoms with Gasteiger partial charge in [-0.25, -0.2) is 4.98 Å². The molecule has 2 aromatic rings. The van der Waals surface area contributed by atoms with Crippen LogP contribution in [0.25, 0.3) is 0 Å². The zero-order valence-electron chi connectivity index (χ0n) is 10.7. The molecule has 18 heavy (non-hydrogen) atoms. The predicted molar refractivity (Wildman–Crippen MR) is 69.3 cm³/mol. The lowest BCUT2D eigenvalue weighted by molar-refractivity contribution is 0.477. The van der Waals surface area contributed by atoms with Crippen LogP contribution >= 0.6 is 0 Å². The van der Waals surface area contributed by atoms with E-state index in [0.717, 1.165) is 31.1 Å². The van der Waals surface area contributed by atoms with E-state index in [1.54, 1.807) is 6.26 Å². The Labute approximate surface area is 107 Å². The van der Waals surface area contributed by atoms with Crippen molar-refractivity contribution in [2.45, 2.75) is 45.3 Å². The molecule has 0 bridgehead atoms. The van der Waals surface area contributed by atoms with Crippen LogP contribution in [-0.2, 0) is 19.5 Å². The summed E-state index contributed by atoms with van der Waals surface area (Å²) >= 11 is 0. The number of rotatable bonds is 6. The fourth-order valence-electron chi connectivity index (χ4n) is 2.17. The number of imidazole rings is 1.